The number of ether oxygens (including phenoxy) is 2. The second kappa shape index (κ2) is 7.28. The Kier molecular flexibility index (Phi) is 4.67. The summed E-state index contributed by atoms with van der Waals surface area (Å²) in [6.45, 7) is 0.0787. The summed E-state index contributed by atoms with van der Waals surface area (Å²) in [4.78, 5) is 35.3. The van der Waals surface area contributed by atoms with Crippen molar-refractivity contribution in [2.75, 3.05) is 6.61 Å². The number of cyclic esters (lactones) is 1. The number of hydrogen-bond donors (Lipinski definition) is 1. The summed E-state index contributed by atoms with van der Waals surface area (Å²) in [5.74, 6) is -0.704. The van der Waals surface area contributed by atoms with Gasteiger partial charge >= 0.3 is 5.97 Å². The predicted molar refractivity (Wildman–Crippen MR) is 98.9 cm³/mol. The highest BCUT2D eigenvalue weighted by molar-refractivity contribution is 6.08. The third-order valence-electron chi connectivity index (χ3n) is 4.47. The second-order valence-corrected chi connectivity index (χ2v) is 6.37. The van der Waals surface area contributed by atoms with Crippen molar-refractivity contribution in [1.82, 2.24) is 0 Å². The van der Waals surface area contributed by atoms with Crippen molar-refractivity contribution in [1.29, 1.82) is 0 Å². The van der Waals surface area contributed by atoms with E-state index in [1.165, 1.54) is 6.07 Å². The van der Waals surface area contributed by atoms with Gasteiger partial charge in [0.1, 0.15) is 17.1 Å². The average Bonchev–Trinajstić information content (AvgIpc) is 2.96. The molecular formula is C21H16O7. The zero-order chi connectivity index (χ0) is 19.7. The lowest BCUT2D eigenvalue weighted by molar-refractivity contribution is -0.147. The number of rotatable bonds is 5. The number of benzene rings is 2. The van der Waals surface area contributed by atoms with Crippen molar-refractivity contribution in [2.24, 2.45) is 0 Å². The highest BCUT2D eigenvalue weighted by Gasteiger charge is 2.41. The Balaban J connectivity index is 1.49. The maximum Gasteiger partial charge on any atom is 0.343 e. The molecular weight excluding hydrogens is 364 g/mol. The second-order valence-electron chi connectivity index (χ2n) is 6.37. The lowest BCUT2D eigenvalue weighted by atomic mass is 10.1. The quantitative estimate of drug-likeness (QED) is 0.534. The van der Waals surface area contributed by atoms with Crippen molar-refractivity contribution in [3.05, 3.63) is 64.8 Å². The van der Waals surface area contributed by atoms with Gasteiger partial charge in [-0.15, -0.1) is 0 Å². The molecule has 1 aliphatic rings. The van der Waals surface area contributed by atoms with Gasteiger partial charge in [0.05, 0.1) is 12.0 Å². The molecule has 2 aromatic carbocycles. The average molecular weight is 380 g/mol. The summed E-state index contributed by atoms with van der Waals surface area (Å²) in [6.07, 6.45) is -2.61. The minimum Gasteiger partial charge on any atom is -0.493 e. The van der Waals surface area contributed by atoms with E-state index in [-0.39, 0.29) is 18.5 Å². The van der Waals surface area contributed by atoms with Gasteiger partial charge in [-0.25, -0.2) is 4.79 Å². The SMILES string of the molecule is O=C1OC(CCOc2ccc3oc(-c4ccccc4)cc(=O)c3c2)C(=O)C1O. The number of hydrogen-bond acceptors (Lipinski definition) is 7. The minimum atomic E-state index is -1.71. The molecule has 3 aromatic rings. The van der Waals surface area contributed by atoms with Gasteiger partial charge in [-0.05, 0) is 18.2 Å². The first-order valence-corrected chi connectivity index (χ1v) is 8.71. The summed E-state index contributed by atoms with van der Waals surface area (Å²) < 4.78 is 16.2. The van der Waals surface area contributed by atoms with Crippen LogP contribution in [0.3, 0.4) is 0 Å². The first-order chi connectivity index (χ1) is 13.5. The van der Waals surface area contributed by atoms with Crippen LogP contribution in [0.25, 0.3) is 22.3 Å². The van der Waals surface area contributed by atoms with E-state index in [1.807, 2.05) is 30.3 Å². The number of aliphatic hydroxyl groups is 1. The largest absolute Gasteiger partial charge is 0.493 e. The molecule has 4 rings (SSSR count). The van der Waals surface area contributed by atoms with Gasteiger partial charge in [-0.2, -0.15) is 0 Å². The fourth-order valence-corrected chi connectivity index (χ4v) is 3.01. The smallest absolute Gasteiger partial charge is 0.343 e. The lowest BCUT2D eigenvalue weighted by Gasteiger charge is -2.10. The molecule has 28 heavy (non-hydrogen) atoms. The molecule has 1 aromatic heterocycles. The van der Waals surface area contributed by atoms with Crippen LogP contribution in [0, 0.1) is 0 Å². The normalized spacial score (nSPS) is 19.0. The van der Waals surface area contributed by atoms with E-state index in [0.29, 0.717) is 22.5 Å². The summed E-state index contributed by atoms with van der Waals surface area (Å²) in [6, 6.07) is 15.6. The van der Waals surface area contributed by atoms with E-state index in [4.69, 9.17) is 13.9 Å². The van der Waals surface area contributed by atoms with Gasteiger partial charge < -0.3 is 19.0 Å². The van der Waals surface area contributed by atoms with Crippen LogP contribution in [0.4, 0.5) is 0 Å². The van der Waals surface area contributed by atoms with Gasteiger partial charge in [0.25, 0.3) is 0 Å². The van der Waals surface area contributed by atoms with E-state index in [2.05, 4.69) is 0 Å². The molecule has 2 heterocycles. The molecule has 142 valence electrons. The molecule has 0 bridgehead atoms. The van der Waals surface area contributed by atoms with E-state index >= 15 is 0 Å². The third-order valence-corrected chi connectivity index (χ3v) is 4.47. The maximum absolute atomic E-state index is 12.5. The van der Waals surface area contributed by atoms with Crippen LogP contribution < -0.4 is 10.2 Å². The number of aliphatic hydroxyl groups excluding tert-OH is 1. The molecule has 0 radical (unpaired) electrons. The van der Waals surface area contributed by atoms with Gasteiger partial charge in [0.15, 0.2) is 11.5 Å². The van der Waals surface area contributed by atoms with E-state index in [1.54, 1.807) is 18.2 Å². The van der Waals surface area contributed by atoms with Crippen molar-refractivity contribution in [2.45, 2.75) is 18.6 Å². The molecule has 7 nitrogen and oxygen atoms in total. The summed E-state index contributed by atoms with van der Waals surface area (Å²) >= 11 is 0. The van der Waals surface area contributed by atoms with Gasteiger partial charge in [-0.1, -0.05) is 30.3 Å². The number of Topliss-reactive ketones (excluding diaryl/α,β-unsaturated/α-hetero) is 1. The molecule has 1 aliphatic heterocycles. The zero-order valence-corrected chi connectivity index (χ0v) is 14.7. The van der Waals surface area contributed by atoms with Gasteiger partial charge in [-0.3, -0.25) is 9.59 Å². The monoisotopic (exact) mass is 380 g/mol. The van der Waals surface area contributed by atoms with Crippen LogP contribution in [0.1, 0.15) is 6.42 Å². The topological polar surface area (TPSA) is 103 Å². The van der Waals surface area contributed by atoms with Crippen LogP contribution in [0.2, 0.25) is 0 Å². The maximum atomic E-state index is 12.5. The minimum absolute atomic E-state index is 0.0787. The Hall–Kier alpha value is -3.45. The fraction of sp³-hybridized carbons (Fsp3) is 0.190. The van der Waals surface area contributed by atoms with Crippen LogP contribution in [-0.4, -0.2) is 35.7 Å². The van der Waals surface area contributed by atoms with Crippen molar-refractivity contribution >= 4 is 22.7 Å². The Morgan fingerprint density at radius 3 is 2.50 bits per heavy atom. The van der Waals surface area contributed by atoms with E-state index in [0.717, 1.165) is 5.56 Å². The van der Waals surface area contributed by atoms with Crippen LogP contribution in [0.5, 0.6) is 5.75 Å². The summed E-state index contributed by atoms with van der Waals surface area (Å²) in [5, 5.41) is 9.67. The molecule has 1 saturated heterocycles. The highest BCUT2D eigenvalue weighted by Crippen LogP contribution is 2.25. The van der Waals surface area contributed by atoms with Crippen molar-refractivity contribution in [3.63, 3.8) is 0 Å². The van der Waals surface area contributed by atoms with Crippen LogP contribution in [0.15, 0.2) is 63.8 Å². The summed E-state index contributed by atoms with van der Waals surface area (Å²) in [7, 11) is 0. The molecule has 0 spiro atoms. The van der Waals surface area contributed by atoms with E-state index < -0.39 is 24.0 Å². The van der Waals surface area contributed by atoms with Gasteiger partial charge in [0.2, 0.25) is 11.9 Å². The first kappa shape index (κ1) is 17.9. The Morgan fingerprint density at radius 1 is 1.00 bits per heavy atom. The molecule has 0 amide bonds. The number of fused-ring (bicyclic) bond motifs is 1. The lowest BCUT2D eigenvalue weighted by Crippen LogP contribution is -2.26. The molecule has 7 heteroatoms. The molecule has 2 atom stereocenters. The van der Waals surface area contributed by atoms with Crippen molar-refractivity contribution < 1.29 is 28.6 Å². The number of ketones is 1. The summed E-state index contributed by atoms with van der Waals surface area (Å²) in [5.41, 5.74) is 1.04. The predicted octanol–water partition coefficient (Wildman–Crippen LogP) is 2.08. The van der Waals surface area contributed by atoms with E-state index in [9.17, 15) is 19.5 Å². The third kappa shape index (κ3) is 3.39. The molecule has 2 unspecified atom stereocenters. The first-order valence-electron chi connectivity index (χ1n) is 8.71. The number of carbonyl (C=O) groups is 2. The number of carbonyl (C=O) groups excluding carboxylic acids is 2. The van der Waals surface area contributed by atoms with Crippen molar-refractivity contribution in [3.8, 4) is 17.1 Å². The Bertz CT molecular complexity index is 1100. The Morgan fingerprint density at radius 2 is 1.79 bits per heavy atom. The highest BCUT2D eigenvalue weighted by atomic mass is 16.6. The molecule has 1 N–H and O–H groups in total. The fourth-order valence-electron chi connectivity index (χ4n) is 3.01. The molecule has 0 aliphatic carbocycles. The van der Waals surface area contributed by atoms with Gasteiger partial charge in [0, 0.05) is 18.1 Å². The number of esters is 1. The Labute approximate surface area is 159 Å². The standard InChI is InChI=1S/C21H16O7/c22-15-11-18(12-4-2-1-3-5-12)27-16-7-6-13(10-14(15)16)26-9-8-17-19(23)20(24)21(25)28-17/h1-7,10-11,17,20,24H,8-9H2. The molecule has 1 fully saturated rings. The zero-order valence-electron chi connectivity index (χ0n) is 14.7. The van der Waals surface area contributed by atoms with Crippen LogP contribution in [-0.2, 0) is 14.3 Å². The van der Waals surface area contributed by atoms with Crippen LogP contribution >= 0.6 is 0 Å². The molecule has 0 saturated carbocycles.